The van der Waals surface area contributed by atoms with Gasteiger partial charge >= 0.3 is 5.97 Å². The van der Waals surface area contributed by atoms with Crippen molar-refractivity contribution < 1.29 is 36.7 Å². The summed E-state index contributed by atoms with van der Waals surface area (Å²) in [6.45, 7) is 2.49. The monoisotopic (exact) mass is 512 g/mol. The molecule has 0 fully saturated rings. The number of hydrogen-bond donors (Lipinski definition) is 1. The Morgan fingerprint density at radius 1 is 1.21 bits per heavy atom. The van der Waals surface area contributed by atoms with Crippen LogP contribution >= 0.6 is 22.9 Å². The molecular weight excluding hydrogens is 492 g/mol. The van der Waals surface area contributed by atoms with Crippen molar-refractivity contribution in [3.63, 3.8) is 0 Å². The first-order valence-corrected chi connectivity index (χ1v) is 10.7. The molecule has 2 aromatic heterocycles. The van der Waals surface area contributed by atoms with Crippen LogP contribution in [0.25, 0.3) is 0 Å². The largest absolute Gasteiger partial charge is 0.462 e. The molecule has 2 amide bonds. The first-order valence-electron chi connectivity index (χ1n) is 9.54. The highest BCUT2D eigenvalue weighted by Crippen LogP contribution is 2.36. The SMILES string of the molecule is CCCOC(=O)c1c(NC(=O)Cn2nc(C(F)F)c(Cl)c2C(F)F)sc(C(=O)N(C)C)c1C. The molecule has 182 valence electrons. The zero-order chi connectivity index (χ0) is 25.0. The van der Waals surface area contributed by atoms with Gasteiger partial charge in [-0.05, 0) is 18.9 Å². The number of alkyl halides is 4. The van der Waals surface area contributed by atoms with E-state index in [0.29, 0.717) is 11.1 Å². The van der Waals surface area contributed by atoms with Crippen LogP contribution in [0.15, 0.2) is 0 Å². The fraction of sp³-hybridized carbons (Fsp3) is 0.474. The molecule has 0 aromatic carbocycles. The first-order chi connectivity index (χ1) is 15.4. The molecule has 2 aromatic rings. The fourth-order valence-corrected chi connectivity index (χ4v) is 4.30. The van der Waals surface area contributed by atoms with Crippen molar-refractivity contribution in [2.24, 2.45) is 0 Å². The highest BCUT2D eigenvalue weighted by atomic mass is 35.5. The van der Waals surface area contributed by atoms with Crippen LogP contribution in [0.4, 0.5) is 22.6 Å². The highest BCUT2D eigenvalue weighted by Gasteiger charge is 2.30. The minimum absolute atomic E-state index is 0.0465. The molecule has 2 heterocycles. The summed E-state index contributed by atoms with van der Waals surface area (Å²) in [5.41, 5.74) is -1.90. The van der Waals surface area contributed by atoms with Gasteiger partial charge in [-0.1, -0.05) is 18.5 Å². The summed E-state index contributed by atoms with van der Waals surface area (Å²) in [4.78, 5) is 39.0. The molecule has 2 rings (SSSR count). The summed E-state index contributed by atoms with van der Waals surface area (Å²) in [5.74, 6) is -2.16. The number of nitrogens with one attached hydrogen (secondary N) is 1. The number of hydrogen-bond acceptors (Lipinski definition) is 6. The van der Waals surface area contributed by atoms with Crippen LogP contribution < -0.4 is 5.32 Å². The van der Waals surface area contributed by atoms with Crippen LogP contribution in [-0.2, 0) is 16.1 Å². The smallest absolute Gasteiger partial charge is 0.341 e. The van der Waals surface area contributed by atoms with Gasteiger partial charge in [-0.15, -0.1) is 11.3 Å². The molecule has 0 atom stereocenters. The molecule has 0 aliphatic heterocycles. The Balaban J connectivity index is 2.41. The summed E-state index contributed by atoms with van der Waals surface area (Å²) in [7, 11) is 3.01. The fourth-order valence-electron chi connectivity index (χ4n) is 2.76. The number of carbonyl (C=O) groups excluding carboxylic acids is 3. The maximum Gasteiger partial charge on any atom is 0.341 e. The normalized spacial score (nSPS) is 11.2. The quantitative estimate of drug-likeness (QED) is 0.388. The Kier molecular flexibility index (Phi) is 8.83. The number of halogens is 5. The molecule has 0 bridgehead atoms. The lowest BCUT2D eigenvalue weighted by Gasteiger charge is -2.09. The van der Waals surface area contributed by atoms with Gasteiger partial charge in [-0.3, -0.25) is 14.3 Å². The van der Waals surface area contributed by atoms with Gasteiger partial charge in [0.25, 0.3) is 18.8 Å². The third kappa shape index (κ3) is 5.82. The lowest BCUT2D eigenvalue weighted by Crippen LogP contribution is -2.22. The summed E-state index contributed by atoms with van der Waals surface area (Å²) < 4.78 is 58.2. The highest BCUT2D eigenvalue weighted by molar-refractivity contribution is 7.18. The van der Waals surface area contributed by atoms with E-state index in [1.165, 1.54) is 25.9 Å². The Bertz CT molecular complexity index is 1060. The van der Waals surface area contributed by atoms with E-state index < -0.39 is 53.6 Å². The predicted molar refractivity (Wildman–Crippen MR) is 113 cm³/mol. The summed E-state index contributed by atoms with van der Waals surface area (Å²) in [5, 5.41) is 4.72. The van der Waals surface area contributed by atoms with Crippen LogP contribution in [0.2, 0.25) is 5.02 Å². The summed E-state index contributed by atoms with van der Waals surface area (Å²) in [6, 6.07) is 0. The number of ether oxygens (including phenoxy) is 1. The average Bonchev–Trinajstić information content (AvgIpc) is 3.21. The van der Waals surface area contributed by atoms with Gasteiger partial charge in [0, 0.05) is 14.1 Å². The van der Waals surface area contributed by atoms with E-state index in [-0.39, 0.29) is 27.6 Å². The molecule has 14 heteroatoms. The molecule has 0 saturated heterocycles. The first kappa shape index (κ1) is 26.6. The number of rotatable bonds is 9. The minimum Gasteiger partial charge on any atom is -0.462 e. The number of esters is 1. The minimum atomic E-state index is -3.27. The average molecular weight is 513 g/mol. The Morgan fingerprint density at radius 3 is 2.36 bits per heavy atom. The van der Waals surface area contributed by atoms with Crippen molar-refractivity contribution in [2.45, 2.75) is 39.7 Å². The topological polar surface area (TPSA) is 93.5 Å². The van der Waals surface area contributed by atoms with Crippen molar-refractivity contribution in [2.75, 3.05) is 26.0 Å². The van der Waals surface area contributed by atoms with E-state index in [4.69, 9.17) is 16.3 Å². The van der Waals surface area contributed by atoms with Crippen molar-refractivity contribution in [1.82, 2.24) is 14.7 Å². The van der Waals surface area contributed by atoms with Gasteiger partial charge in [-0.2, -0.15) is 5.10 Å². The van der Waals surface area contributed by atoms with E-state index in [1.807, 2.05) is 0 Å². The molecule has 0 unspecified atom stereocenters. The van der Waals surface area contributed by atoms with Crippen LogP contribution in [0.1, 0.15) is 63.2 Å². The van der Waals surface area contributed by atoms with Crippen LogP contribution in [0.3, 0.4) is 0 Å². The molecule has 1 N–H and O–H groups in total. The van der Waals surface area contributed by atoms with Crippen molar-refractivity contribution in [3.8, 4) is 0 Å². The molecule has 0 aliphatic carbocycles. The Labute approximate surface area is 195 Å². The lowest BCUT2D eigenvalue weighted by atomic mass is 10.1. The number of nitrogens with zero attached hydrogens (tertiary/aromatic N) is 3. The lowest BCUT2D eigenvalue weighted by molar-refractivity contribution is -0.117. The van der Waals surface area contributed by atoms with Gasteiger partial charge in [0.2, 0.25) is 5.91 Å². The Morgan fingerprint density at radius 2 is 1.85 bits per heavy atom. The van der Waals surface area contributed by atoms with E-state index in [2.05, 4.69) is 10.4 Å². The maximum absolute atomic E-state index is 13.3. The number of thiophene rings is 1. The summed E-state index contributed by atoms with van der Waals surface area (Å²) >= 11 is 6.39. The number of carbonyl (C=O) groups is 3. The molecule has 8 nitrogen and oxygen atoms in total. The van der Waals surface area contributed by atoms with Gasteiger partial charge in [-0.25, -0.2) is 22.4 Å². The van der Waals surface area contributed by atoms with Crippen LogP contribution in [0, 0.1) is 6.92 Å². The van der Waals surface area contributed by atoms with Crippen molar-refractivity contribution in [1.29, 1.82) is 0 Å². The van der Waals surface area contributed by atoms with E-state index in [0.717, 1.165) is 11.3 Å². The third-order valence-electron chi connectivity index (χ3n) is 4.30. The number of anilines is 1. The van der Waals surface area contributed by atoms with Crippen molar-refractivity contribution >= 4 is 45.7 Å². The third-order valence-corrected chi connectivity index (χ3v) is 5.89. The van der Waals surface area contributed by atoms with Crippen molar-refractivity contribution in [3.05, 3.63) is 32.4 Å². The molecule has 0 saturated carbocycles. The zero-order valence-corrected chi connectivity index (χ0v) is 19.6. The van der Waals surface area contributed by atoms with Gasteiger partial charge < -0.3 is 15.0 Å². The van der Waals surface area contributed by atoms with E-state index in [1.54, 1.807) is 6.92 Å². The van der Waals surface area contributed by atoms with E-state index >= 15 is 0 Å². The summed E-state index contributed by atoms with van der Waals surface area (Å²) in [6.07, 6.45) is -5.96. The second kappa shape index (κ2) is 11.0. The molecule has 0 aliphatic rings. The number of amides is 2. The molecule has 0 spiro atoms. The molecular formula is C19H21ClF4N4O4S. The number of aromatic nitrogens is 2. The second-order valence-corrected chi connectivity index (χ2v) is 8.39. The zero-order valence-electron chi connectivity index (χ0n) is 18.0. The Hall–Kier alpha value is -2.67. The standard InChI is InChI=1S/C19H21ClF4N4O4S/c1-5-6-32-19(31)10-8(2)14(18(30)27(3)4)33-17(10)25-9(29)7-28-13(16(23)24)11(20)12(26-28)15(21)22/h15-16H,5-7H2,1-4H3,(H,25,29). The second-order valence-electron chi connectivity index (χ2n) is 6.99. The van der Waals surface area contributed by atoms with Crippen LogP contribution in [-0.4, -0.2) is 53.2 Å². The molecule has 0 radical (unpaired) electrons. The van der Waals surface area contributed by atoms with Crippen LogP contribution in [0.5, 0.6) is 0 Å². The predicted octanol–water partition coefficient (Wildman–Crippen LogP) is 4.69. The van der Waals surface area contributed by atoms with Gasteiger partial charge in [0.05, 0.1) is 22.1 Å². The van der Waals surface area contributed by atoms with Gasteiger partial charge in [0.15, 0.2) is 0 Å². The van der Waals surface area contributed by atoms with Gasteiger partial charge in [0.1, 0.15) is 22.9 Å². The maximum atomic E-state index is 13.3. The molecule has 33 heavy (non-hydrogen) atoms. The van der Waals surface area contributed by atoms with E-state index in [9.17, 15) is 31.9 Å².